The molecule has 1 atom stereocenters. The van der Waals surface area contributed by atoms with Crippen LogP contribution in [0.5, 0.6) is 5.75 Å². The van der Waals surface area contributed by atoms with Crippen LogP contribution in [0.3, 0.4) is 0 Å². The van der Waals surface area contributed by atoms with E-state index in [9.17, 15) is 31.2 Å². The van der Waals surface area contributed by atoms with Crippen molar-refractivity contribution in [1.82, 2.24) is 5.32 Å². The number of carbonyl (C=O) groups is 2. The summed E-state index contributed by atoms with van der Waals surface area (Å²) in [5.74, 6) is -1.69. The van der Waals surface area contributed by atoms with E-state index in [0.717, 1.165) is 22.0 Å². The van der Waals surface area contributed by atoms with Crippen molar-refractivity contribution < 1.29 is 35.9 Å². The molecule has 1 aliphatic rings. The molecule has 0 saturated heterocycles. The van der Waals surface area contributed by atoms with Crippen molar-refractivity contribution in [1.29, 1.82) is 0 Å². The van der Waals surface area contributed by atoms with Gasteiger partial charge in [0.1, 0.15) is 11.8 Å². The van der Waals surface area contributed by atoms with Crippen molar-refractivity contribution in [3.63, 3.8) is 0 Å². The number of sulfonamides is 1. The molecular formula is C27H26F3N3O5S. The van der Waals surface area contributed by atoms with E-state index in [1.54, 1.807) is 50.2 Å². The van der Waals surface area contributed by atoms with Crippen LogP contribution >= 0.6 is 0 Å². The van der Waals surface area contributed by atoms with Gasteiger partial charge in [-0.05, 0) is 61.7 Å². The third-order valence-corrected chi connectivity index (χ3v) is 8.26. The molecule has 8 nitrogen and oxygen atoms in total. The van der Waals surface area contributed by atoms with Crippen LogP contribution in [0, 0.1) is 20.8 Å². The molecule has 3 aromatic rings. The largest absolute Gasteiger partial charge is 0.573 e. The number of ether oxygens (including phenoxy) is 1. The molecule has 2 N–H and O–H groups in total. The zero-order valence-corrected chi connectivity index (χ0v) is 22.1. The number of amides is 2. The Balaban J connectivity index is 1.59. The lowest BCUT2D eigenvalue weighted by atomic mass is 10.1. The van der Waals surface area contributed by atoms with Crippen LogP contribution in [0.2, 0.25) is 0 Å². The minimum atomic E-state index is -4.82. The van der Waals surface area contributed by atoms with Gasteiger partial charge in [-0.3, -0.25) is 13.9 Å². The number of rotatable bonds is 7. The van der Waals surface area contributed by atoms with Crippen molar-refractivity contribution in [2.24, 2.45) is 0 Å². The molecule has 4 rings (SSSR count). The molecule has 206 valence electrons. The van der Waals surface area contributed by atoms with Gasteiger partial charge in [-0.2, -0.15) is 0 Å². The minimum Gasteiger partial charge on any atom is -0.406 e. The normalized spacial score (nSPS) is 15.4. The van der Waals surface area contributed by atoms with E-state index in [2.05, 4.69) is 15.4 Å². The molecule has 0 fully saturated rings. The highest BCUT2D eigenvalue weighted by atomic mass is 32.2. The fourth-order valence-corrected chi connectivity index (χ4v) is 6.72. The summed E-state index contributed by atoms with van der Waals surface area (Å²) < 4.78 is 70.1. The molecule has 1 heterocycles. The molecule has 0 aromatic heterocycles. The zero-order chi connectivity index (χ0) is 28.5. The van der Waals surface area contributed by atoms with Crippen molar-refractivity contribution in [3.8, 4) is 5.75 Å². The maximum absolute atomic E-state index is 14.1. The summed E-state index contributed by atoms with van der Waals surface area (Å²) in [6, 6.07) is 13.4. The number of hydrogen-bond donors (Lipinski definition) is 2. The highest BCUT2D eigenvalue weighted by Gasteiger charge is 2.43. The van der Waals surface area contributed by atoms with Crippen molar-refractivity contribution in [3.05, 3.63) is 82.9 Å². The number of hydrogen-bond acceptors (Lipinski definition) is 5. The Kier molecular flexibility index (Phi) is 7.60. The number of para-hydroxylation sites is 2. The summed E-state index contributed by atoms with van der Waals surface area (Å²) in [7, 11) is -4.28. The van der Waals surface area contributed by atoms with E-state index in [-0.39, 0.29) is 17.1 Å². The van der Waals surface area contributed by atoms with Gasteiger partial charge in [-0.25, -0.2) is 8.42 Å². The van der Waals surface area contributed by atoms with E-state index in [1.165, 1.54) is 12.1 Å². The van der Waals surface area contributed by atoms with E-state index in [0.29, 0.717) is 22.4 Å². The zero-order valence-electron chi connectivity index (χ0n) is 21.3. The van der Waals surface area contributed by atoms with Gasteiger partial charge in [0.25, 0.3) is 10.0 Å². The van der Waals surface area contributed by atoms with Crippen molar-refractivity contribution >= 4 is 33.2 Å². The first-order chi connectivity index (χ1) is 18.3. The predicted molar refractivity (Wildman–Crippen MR) is 139 cm³/mol. The summed E-state index contributed by atoms with van der Waals surface area (Å²) in [4.78, 5) is 26.1. The second-order valence-electron chi connectivity index (χ2n) is 9.22. The molecular weight excluding hydrogens is 535 g/mol. The lowest BCUT2D eigenvalue weighted by Gasteiger charge is -2.37. The van der Waals surface area contributed by atoms with Gasteiger partial charge in [0, 0.05) is 6.54 Å². The molecule has 1 aliphatic heterocycles. The second-order valence-corrected chi connectivity index (χ2v) is 11.0. The molecule has 12 heteroatoms. The van der Waals surface area contributed by atoms with E-state index in [4.69, 9.17) is 0 Å². The summed E-state index contributed by atoms with van der Waals surface area (Å²) >= 11 is 0. The van der Waals surface area contributed by atoms with Crippen LogP contribution < -0.4 is 19.7 Å². The number of nitrogens with one attached hydrogen (secondary N) is 2. The van der Waals surface area contributed by atoms with Crippen LogP contribution in [0.15, 0.2) is 65.6 Å². The third kappa shape index (κ3) is 6.17. The van der Waals surface area contributed by atoms with E-state index < -0.39 is 46.4 Å². The lowest BCUT2D eigenvalue weighted by Crippen LogP contribution is -2.53. The average Bonchev–Trinajstić information content (AvgIpc) is 2.82. The number of anilines is 2. The summed E-state index contributed by atoms with van der Waals surface area (Å²) in [6.45, 7) is 5.15. The number of alkyl halides is 3. The van der Waals surface area contributed by atoms with Crippen molar-refractivity contribution in [2.75, 3.05) is 9.62 Å². The molecule has 0 spiro atoms. The SMILES string of the molecule is Cc1cc(C)c(S(=O)(=O)N2c3ccccc3NC(=O)C2CC(=O)NCc2ccc(OC(F)(F)F)cc2)c(C)c1. The topological polar surface area (TPSA) is 105 Å². The van der Waals surface area contributed by atoms with Crippen LogP contribution in [0.4, 0.5) is 24.5 Å². The predicted octanol–water partition coefficient (Wildman–Crippen LogP) is 4.73. The minimum absolute atomic E-state index is 0.0566. The molecule has 2 amide bonds. The Labute approximate surface area is 223 Å². The number of halogens is 3. The summed E-state index contributed by atoms with van der Waals surface area (Å²) in [6.07, 6.45) is -5.31. The summed E-state index contributed by atoms with van der Waals surface area (Å²) in [5, 5.41) is 5.27. The maximum atomic E-state index is 14.1. The Bertz CT molecular complexity index is 1500. The Hall–Kier alpha value is -4.06. The molecule has 0 bridgehead atoms. The highest BCUT2D eigenvalue weighted by Crippen LogP contribution is 2.38. The molecule has 39 heavy (non-hydrogen) atoms. The first-order valence-electron chi connectivity index (χ1n) is 11.9. The second kappa shape index (κ2) is 10.6. The average molecular weight is 562 g/mol. The fraction of sp³-hybridized carbons (Fsp3) is 0.259. The van der Waals surface area contributed by atoms with Crippen LogP contribution in [0.1, 0.15) is 28.7 Å². The Morgan fingerprint density at radius 3 is 2.26 bits per heavy atom. The van der Waals surface area contributed by atoms with Gasteiger partial charge in [-0.15, -0.1) is 13.2 Å². The molecule has 1 unspecified atom stereocenters. The van der Waals surface area contributed by atoms with Gasteiger partial charge >= 0.3 is 6.36 Å². The third-order valence-electron chi connectivity index (χ3n) is 6.13. The molecule has 0 aliphatic carbocycles. The number of fused-ring (bicyclic) bond motifs is 1. The lowest BCUT2D eigenvalue weighted by molar-refractivity contribution is -0.274. The molecule has 3 aromatic carbocycles. The number of nitrogens with zero attached hydrogens (tertiary/aromatic N) is 1. The first-order valence-corrected chi connectivity index (χ1v) is 13.3. The summed E-state index contributed by atoms with van der Waals surface area (Å²) in [5.41, 5.74) is 2.91. The standard InChI is InChI=1S/C27H26F3N3O5S/c1-16-12-17(2)25(18(3)13-16)39(36,37)33-22-7-5-4-6-21(22)32-26(35)23(33)14-24(34)31-15-19-8-10-20(11-9-19)38-27(28,29)30/h4-13,23H,14-15H2,1-3H3,(H,31,34)(H,32,35). The molecule has 0 saturated carbocycles. The monoisotopic (exact) mass is 561 g/mol. The number of carbonyl (C=O) groups excluding carboxylic acids is 2. The van der Waals surface area contributed by atoms with Gasteiger partial charge < -0.3 is 15.4 Å². The number of benzene rings is 3. The Morgan fingerprint density at radius 2 is 1.64 bits per heavy atom. The van der Waals surface area contributed by atoms with Crippen molar-refractivity contribution in [2.45, 2.75) is 51.0 Å². The van der Waals surface area contributed by atoms with Gasteiger partial charge in [0.05, 0.1) is 22.7 Å². The quantitative estimate of drug-likeness (QED) is 0.434. The highest BCUT2D eigenvalue weighted by molar-refractivity contribution is 7.93. The maximum Gasteiger partial charge on any atom is 0.573 e. The smallest absolute Gasteiger partial charge is 0.406 e. The van der Waals surface area contributed by atoms with Crippen LogP contribution in [-0.2, 0) is 26.2 Å². The van der Waals surface area contributed by atoms with E-state index >= 15 is 0 Å². The van der Waals surface area contributed by atoms with E-state index in [1.807, 2.05) is 6.92 Å². The van der Waals surface area contributed by atoms with Gasteiger partial charge in [0.15, 0.2) is 0 Å². The van der Waals surface area contributed by atoms with Gasteiger partial charge in [-0.1, -0.05) is 42.0 Å². The van der Waals surface area contributed by atoms with Gasteiger partial charge in [0.2, 0.25) is 11.8 Å². The fourth-order valence-electron chi connectivity index (χ4n) is 4.66. The Morgan fingerprint density at radius 1 is 1.03 bits per heavy atom. The van der Waals surface area contributed by atoms with Crippen LogP contribution in [0.25, 0.3) is 0 Å². The molecule has 0 radical (unpaired) electrons. The van der Waals surface area contributed by atoms with Crippen LogP contribution in [-0.4, -0.2) is 32.6 Å². The first kappa shape index (κ1) is 28.0. The number of aryl methyl sites for hydroxylation is 3.